The van der Waals surface area contributed by atoms with Gasteiger partial charge in [0, 0.05) is 38.9 Å². The standard InChI is InChI=1S/C14H25ClN4O/c1-11-13(14(15)18(2)17-11)10-19-7-4-12(5-8-19)20-9-3-6-16/h12H,3-10,16H2,1-2H3. The molecule has 1 aromatic heterocycles. The third-order valence-electron chi connectivity index (χ3n) is 3.89. The van der Waals surface area contributed by atoms with E-state index in [0.29, 0.717) is 12.6 Å². The van der Waals surface area contributed by atoms with Crippen molar-refractivity contribution in [3.8, 4) is 0 Å². The molecule has 20 heavy (non-hydrogen) atoms. The summed E-state index contributed by atoms with van der Waals surface area (Å²) in [5.41, 5.74) is 7.65. The molecule has 1 aliphatic rings. The molecule has 0 radical (unpaired) electrons. The summed E-state index contributed by atoms with van der Waals surface area (Å²) in [6.07, 6.45) is 3.51. The van der Waals surface area contributed by atoms with Gasteiger partial charge >= 0.3 is 0 Å². The first kappa shape index (κ1) is 15.8. The van der Waals surface area contributed by atoms with Crippen molar-refractivity contribution in [3.05, 3.63) is 16.4 Å². The Kier molecular flexibility index (Phi) is 5.84. The van der Waals surface area contributed by atoms with Gasteiger partial charge in [-0.25, -0.2) is 0 Å². The number of nitrogens with zero attached hydrogens (tertiary/aromatic N) is 3. The molecule has 0 saturated carbocycles. The largest absolute Gasteiger partial charge is 0.378 e. The summed E-state index contributed by atoms with van der Waals surface area (Å²) in [5, 5.41) is 5.12. The summed E-state index contributed by atoms with van der Waals surface area (Å²) < 4.78 is 7.57. The van der Waals surface area contributed by atoms with Gasteiger partial charge in [-0.05, 0) is 32.7 Å². The van der Waals surface area contributed by atoms with Crippen molar-refractivity contribution in [1.29, 1.82) is 0 Å². The number of rotatable bonds is 6. The maximum Gasteiger partial charge on any atom is 0.131 e. The molecule has 114 valence electrons. The van der Waals surface area contributed by atoms with E-state index in [1.54, 1.807) is 4.68 Å². The number of ether oxygens (including phenoxy) is 1. The van der Waals surface area contributed by atoms with Crippen LogP contribution in [0.3, 0.4) is 0 Å². The Morgan fingerprint density at radius 2 is 2.10 bits per heavy atom. The lowest BCUT2D eigenvalue weighted by atomic mass is 10.1. The molecule has 0 atom stereocenters. The van der Waals surface area contributed by atoms with Crippen LogP contribution in [0, 0.1) is 6.92 Å². The quantitative estimate of drug-likeness (QED) is 0.813. The van der Waals surface area contributed by atoms with Gasteiger partial charge in [0.1, 0.15) is 5.15 Å². The zero-order chi connectivity index (χ0) is 14.5. The zero-order valence-corrected chi connectivity index (χ0v) is 13.2. The molecule has 2 heterocycles. The average Bonchev–Trinajstić information content (AvgIpc) is 2.67. The van der Waals surface area contributed by atoms with E-state index in [1.165, 1.54) is 0 Å². The van der Waals surface area contributed by atoms with Gasteiger partial charge in [0.15, 0.2) is 0 Å². The topological polar surface area (TPSA) is 56.3 Å². The molecule has 1 fully saturated rings. The van der Waals surface area contributed by atoms with E-state index in [1.807, 2.05) is 14.0 Å². The number of hydrogen-bond acceptors (Lipinski definition) is 4. The van der Waals surface area contributed by atoms with Gasteiger partial charge in [-0.1, -0.05) is 11.6 Å². The second-order valence-corrected chi connectivity index (χ2v) is 5.82. The Balaban J connectivity index is 1.79. The highest BCUT2D eigenvalue weighted by Crippen LogP contribution is 2.23. The molecular weight excluding hydrogens is 276 g/mol. The van der Waals surface area contributed by atoms with E-state index >= 15 is 0 Å². The highest BCUT2D eigenvalue weighted by atomic mass is 35.5. The second-order valence-electron chi connectivity index (χ2n) is 5.47. The number of piperidine rings is 1. The SMILES string of the molecule is Cc1nn(C)c(Cl)c1CN1CCC(OCCCN)CC1. The van der Waals surface area contributed by atoms with Crippen molar-refractivity contribution >= 4 is 11.6 Å². The molecule has 2 N–H and O–H groups in total. The highest BCUT2D eigenvalue weighted by molar-refractivity contribution is 6.30. The van der Waals surface area contributed by atoms with Crippen molar-refractivity contribution in [2.24, 2.45) is 12.8 Å². The first-order valence-electron chi connectivity index (χ1n) is 7.33. The molecule has 0 amide bonds. The molecule has 5 nitrogen and oxygen atoms in total. The fraction of sp³-hybridized carbons (Fsp3) is 0.786. The number of aromatic nitrogens is 2. The lowest BCUT2D eigenvalue weighted by Gasteiger charge is -2.31. The number of likely N-dealkylation sites (tertiary alicyclic amines) is 1. The van der Waals surface area contributed by atoms with E-state index in [4.69, 9.17) is 22.1 Å². The molecule has 0 aromatic carbocycles. The minimum atomic E-state index is 0.392. The van der Waals surface area contributed by atoms with Crippen LogP contribution in [0.2, 0.25) is 5.15 Å². The van der Waals surface area contributed by atoms with Gasteiger partial charge in [0.25, 0.3) is 0 Å². The lowest BCUT2D eigenvalue weighted by molar-refractivity contribution is 0.00561. The van der Waals surface area contributed by atoms with Crippen LogP contribution in [0.15, 0.2) is 0 Å². The van der Waals surface area contributed by atoms with Crippen molar-refractivity contribution in [1.82, 2.24) is 14.7 Å². The third kappa shape index (κ3) is 3.95. The predicted octanol–water partition coefficient (Wildman–Crippen LogP) is 1.71. The fourth-order valence-corrected chi connectivity index (χ4v) is 2.88. The lowest BCUT2D eigenvalue weighted by Crippen LogP contribution is -2.37. The van der Waals surface area contributed by atoms with E-state index in [0.717, 1.165) is 61.9 Å². The number of nitrogens with two attached hydrogens (primary N) is 1. The highest BCUT2D eigenvalue weighted by Gasteiger charge is 2.22. The van der Waals surface area contributed by atoms with E-state index in [-0.39, 0.29) is 0 Å². The first-order valence-corrected chi connectivity index (χ1v) is 7.71. The Bertz CT molecular complexity index is 427. The van der Waals surface area contributed by atoms with E-state index < -0.39 is 0 Å². The maximum absolute atomic E-state index is 6.28. The number of hydrogen-bond donors (Lipinski definition) is 1. The van der Waals surface area contributed by atoms with Crippen molar-refractivity contribution in [2.45, 2.75) is 38.8 Å². The van der Waals surface area contributed by atoms with Crippen molar-refractivity contribution < 1.29 is 4.74 Å². The van der Waals surface area contributed by atoms with Crippen LogP contribution in [-0.4, -0.2) is 47.0 Å². The molecular formula is C14H25ClN4O. The maximum atomic E-state index is 6.28. The minimum absolute atomic E-state index is 0.392. The summed E-state index contributed by atoms with van der Waals surface area (Å²) in [6.45, 7) is 6.50. The monoisotopic (exact) mass is 300 g/mol. The van der Waals surface area contributed by atoms with Crippen LogP contribution in [0.4, 0.5) is 0 Å². The minimum Gasteiger partial charge on any atom is -0.378 e. The van der Waals surface area contributed by atoms with Gasteiger partial charge in [-0.15, -0.1) is 0 Å². The second kappa shape index (κ2) is 7.41. The van der Waals surface area contributed by atoms with E-state index in [2.05, 4.69) is 10.00 Å². The normalized spacial score (nSPS) is 17.8. The first-order chi connectivity index (χ1) is 9.61. The Morgan fingerprint density at radius 1 is 1.40 bits per heavy atom. The molecule has 1 saturated heterocycles. The van der Waals surface area contributed by atoms with E-state index in [9.17, 15) is 0 Å². The summed E-state index contributed by atoms with van der Waals surface area (Å²) in [5.74, 6) is 0. The summed E-state index contributed by atoms with van der Waals surface area (Å²) in [7, 11) is 1.89. The molecule has 0 spiro atoms. The third-order valence-corrected chi connectivity index (χ3v) is 4.36. The average molecular weight is 301 g/mol. The Labute approximate surface area is 126 Å². The van der Waals surface area contributed by atoms with Crippen LogP contribution in [0.5, 0.6) is 0 Å². The Hall–Kier alpha value is -0.620. The summed E-state index contributed by atoms with van der Waals surface area (Å²) in [6, 6.07) is 0. The molecule has 0 aliphatic carbocycles. The summed E-state index contributed by atoms with van der Waals surface area (Å²) in [4.78, 5) is 2.43. The van der Waals surface area contributed by atoms with Crippen molar-refractivity contribution in [2.75, 3.05) is 26.2 Å². The van der Waals surface area contributed by atoms with Crippen molar-refractivity contribution in [3.63, 3.8) is 0 Å². The van der Waals surface area contributed by atoms with Gasteiger partial charge < -0.3 is 10.5 Å². The molecule has 2 rings (SSSR count). The van der Waals surface area contributed by atoms with Crippen LogP contribution in [0.1, 0.15) is 30.5 Å². The number of halogens is 1. The van der Waals surface area contributed by atoms with Crippen LogP contribution in [-0.2, 0) is 18.3 Å². The van der Waals surface area contributed by atoms with Gasteiger partial charge in [-0.2, -0.15) is 5.10 Å². The van der Waals surface area contributed by atoms with Gasteiger partial charge in [0.05, 0.1) is 11.8 Å². The molecule has 1 aromatic rings. The summed E-state index contributed by atoms with van der Waals surface area (Å²) >= 11 is 6.28. The van der Waals surface area contributed by atoms with Crippen LogP contribution < -0.4 is 5.73 Å². The van der Waals surface area contributed by atoms with Crippen LogP contribution in [0.25, 0.3) is 0 Å². The fourth-order valence-electron chi connectivity index (χ4n) is 2.64. The molecule has 0 bridgehead atoms. The van der Waals surface area contributed by atoms with Gasteiger partial charge in [-0.3, -0.25) is 9.58 Å². The Morgan fingerprint density at radius 3 is 2.65 bits per heavy atom. The smallest absolute Gasteiger partial charge is 0.131 e. The number of aryl methyl sites for hydroxylation is 2. The molecule has 6 heteroatoms. The van der Waals surface area contributed by atoms with Crippen LogP contribution >= 0.6 is 11.6 Å². The zero-order valence-electron chi connectivity index (χ0n) is 12.4. The molecule has 0 unspecified atom stereocenters. The molecule has 1 aliphatic heterocycles. The van der Waals surface area contributed by atoms with Gasteiger partial charge in [0.2, 0.25) is 0 Å². The predicted molar refractivity (Wildman–Crippen MR) is 80.9 cm³/mol.